The second-order valence-electron chi connectivity index (χ2n) is 5.80. The lowest BCUT2D eigenvalue weighted by molar-refractivity contribution is 0.0408. The molecule has 1 aliphatic rings. The Morgan fingerprint density at radius 2 is 2.00 bits per heavy atom. The normalized spacial score (nSPS) is 24.0. The Labute approximate surface area is 130 Å². The van der Waals surface area contributed by atoms with Crippen molar-refractivity contribution in [2.45, 2.75) is 78.2 Å². The maximum atomic E-state index is 8.70. The Balaban J connectivity index is 2.73. The molecule has 21 heavy (non-hydrogen) atoms. The molecular formula is C15H29N2O3P. The third kappa shape index (κ3) is 5.81. The Morgan fingerprint density at radius 1 is 1.33 bits per heavy atom. The van der Waals surface area contributed by atoms with E-state index >= 15 is 0 Å². The van der Waals surface area contributed by atoms with Crippen LogP contribution in [0, 0.1) is 11.3 Å². The summed E-state index contributed by atoms with van der Waals surface area (Å²) in [4.78, 5) is 0. The minimum atomic E-state index is -1.16. The number of ether oxygens (including phenoxy) is 1. The quantitative estimate of drug-likeness (QED) is 0.478. The number of hydrogen-bond acceptors (Lipinski definition) is 5. The summed E-state index contributed by atoms with van der Waals surface area (Å²) in [5, 5.41) is 8.70. The second kappa shape index (κ2) is 9.71. The minimum Gasteiger partial charge on any atom is -0.375 e. The van der Waals surface area contributed by atoms with Gasteiger partial charge in [0, 0.05) is 18.7 Å². The van der Waals surface area contributed by atoms with E-state index in [1.165, 1.54) is 0 Å². The summed E-state index contributed by atoms with van der Waals surface area (Å²) in [6.45, 7) is 11.9. The Hall–Kier alpha value is -0.240. The minimum absolute atomic E-state index is 0.100. The van der Waals surface area contributed by atoms with E-state index in [-0.39, 0.29) is 12.2 Å². The molecule has 122 valence electrons. The van der Waals surface area contributed by atoms with Crippen molar-refractivity contribution in [3.63, 3.8) is 0 Å². The van der Waals surface area contributed by atoms with Crippen LogP contribution in [0.25, 0.3) is 0 Å². The van der Waals surface area contributed by atoms with Crippen LogP contribution in [-0.4, -0.2) is 42.2 Å². The van der Waals surface area contributed by atoms with Gasteiger partial charge < -0.3 is 13.8 Å². The molecule has 0 spiro atoms. The maximum Gasteiger partial charge on any atom is 0.259 e. The molecule has 0 aromatic carbocycles. The number of nitriles is 1. The summed E-state index contributed by atoms with van der Waals surface area (Å²) >= 11 is 0. The van der Waals surface area contributed by atoms with E-state index in [4.69, 9.17) is 19.0 Å². The van der Waals surface area contributed by atoms with Gasteiger partial charge in [0.05, 0.1) is 31.3 Å². The van der Waals surface area contributed by atoms with Crippen molar-refractivity contribution in [2.75, 3.05) is 13.2 Å². The average molecular weight is 316 g/mol. The van der Waals surface area contributed by atoms with Crippen molar-refractivity contribution < 1.29 is 13.8 Å². The first kappa shape index (κ1) is 18.8. The van der Waals surface area contributed by atoms with Crippen LogP contribution >= 0.6 is 8.53 Å². The average Bonchev–Trinajstić information content (AvgIpc) is 2.85. The van der Waals surface area contributed by atoms with Crippen LogP contribution < -0.4 is 0 Å². The molecule has 0 aromatic heterocycles. The first-order chi connectivity index (χ1) is 10.0. The summed E-state index contributed by atoms with van der Waals surface area (Å²) in [7, 11) is -1.16. The fourth-order valence-corrected chi connectivity index (χ4v) is 4.32. The monoisotopic (exact) mass is 316 g/mol. The van der Waals surface area contributed by atoms with Gasteiger partial charge >= 0.3 is 0 Å². The third-order valence-corrected chi connectivity index (χ3v) is 5.59. The van der Waals surface area contributed by atoms with Gasteiger partial charge in [-0.15, -0.1) is 0 Å². The zero-order valence-electron chi connectivity index (χ0n) is 13.9. The topological polar surface area (TPSA) is 54.7 Å². The van der Waals surface area contributed by atoms with Gasteiger partial charge in [-0.3, -0.25) is 0 Å². The molecule has 1 saturated heterocycles. The summed E-state index contributed by atoms with van der Waals surface area (Å²) in [5.41, 5.74) is 0. The molecule has 0 bridgehead atoms. The van der Waals surface area contributed by atoms with Crippen molar-refractivity contribution in [3.8, 4) is 6.07 Å². The summed E-state index contributed by atoms with van der Waals surface area (Å²) in [6.07, 6.45) is 2.53. The van der Waals surface area contributed by atoms with Crippen molar-refractivity contribution in [3.05, 3.63) is 0 Å². The Kier molecular flexibility index (Phi) is 8.70. The molecule has 0 aliphatic carbocycles. The molecule has 0 N–H and O–H groups in total. The second-order valence-corrected chi connectivity index (χ2v) is 7.20. The van der Waals surface area contributed by atoms with Gasteiger partial charge in [0.15, 0.2) is 0 Å². The van der Waals surface area contributed by atoms with Gasteiger partial charge in [0.2, 0.25) is 0 Å². The summed E-state index contributed by atoms with van der Waals surface area (Å²) in [6, 6.07) is 2.79. The molecule has 1 fully saturated rings. The number of nitrogens with zero attached hydrogens (tertiary/aromatic N) is 2. The lowest BCUT2D eigenvalue weighted by Crippen LogP contribution is -2.35. The number of rotatable bonds is 9. The number of hydrogen-bond donors (Lipinski definition) is 0. The molecular weight excluding hydrogens is 287 g/mol. The first-order valence-corrected chi connectivity index (χ1v) is 9.00. The highest BCUT2D eigenvalue weighted by Gasteiger charge is 2.35. The van der Waals surface area contributed by atoms with Crippen molar-refractivity contribution in [1.29, 1.82) is 5.26 Å². The van der Waals surface area contributed by atoms with Crippen molar-refractivity contribution in [2.24, 2.45) is 0 Å². The van der Waals surface area contributed by atoms with Crippen LogP contribution in [0.1, 0.15) is 53.9 Å². The van der Waals surface area contributed by atoms with Crippen LogP contribution in [0.15, 0.2) is 0 Å². The highest BCUT2D eigenvalue weighted by molar-refractivity contribution is 7.44. The molecule has 6 heteroatoms. The van der Waals surface area contributed by atoms with E-state index in [0.29, 0.717) is 25.1 Å². The van der Waals surface area contributed by atoms with Crippen LogP contribution in [0.3, 0.4) is 0 Å². The summed E-state index contributed by atoms with van der Waals surface area (Å²) in [5.74, 6) is 0. The van der Waals surface area contributed by atoms with Gasteiger partial charge in [0.1, 0.15) is 0 Å². The Bertz CT molecular complexity index is 325. The predicted octanol–water partition coefficient (Wildman–Crippen LogP) is 3.85. The highest BCUT2D eigenvalue weighted by Crippen LogP contribution is 2.48. The highest BCUT2D eigenvalue weighted by atomic mass is 31.2. The van der Waals surface area contributed by atoms with Gasteiger partial charge in [-0.05, 0) is 40.5 Å². The van der Waals surface area contributed by atoms with E-state index < -0.39 is 8.53 Å². The lowest BCUT2D eigenvalue weighted by Gasteiger charge is -2.37. The fourth-order valence-electron chi connectivity index (χ4n) is 2.54. The molecule has 2 unspecified atom stereocenters. The maximum absolute atomic E-state index is 8.70. The standard InChI is InChI=1S/C15H29N2O3P/c1-6-14-15(8-11-18-14)20-21(19-10-7-9-16)17(12(2)3)13(4)5/h12-15H,6-8,10-11H2,1-5H3/t14-,15?,21?/m1/s1. The summed E-state index contributed by atoms with van der Waals surface area (Å²) < 4.78 is 20.2. The Morgan fingerprint density at radius 3 is 2.52 bits per heavy atom. The molecule has 0 radical (unpaired) electrons. The smallest absolute Gasteiger partial charge is 0.259 e. The molecule has 0 amide bonds. The molecule has 3 atom stereocenters. The van der Waals surface area contributed by atoms with E-state index in [1.807, 2.05) is 0 Å². The van der Waals surface area contributed by atoms with Crippen LogP contribution in [0.2, 0.25) is 0 Å². The van der Waals surface area contributed by atoms with E-state index in [2.05, 4.69) is 45.4 Å². The van der Waals surface area contributed by atoms with Gasteiger partial charge in [0.25, 0.3) is 8.53 Å². The zero-order valence-corrected chi connectivity index (χ0v) is 14.8. The molecule has 1 rings (SSSR count). The van der Waals surface area contributed by atoms with E-state index in [0.717, 1.165) is 19.4 Å². The molecule has 0 aromatic rings. The van der Waals surface area contributed by atoms with E-state index in [9.17, 15) is 0 Å². The van der Waals surface area contributed by atoms with E-state index in [1.54, 1.807) is 0 Å². The first-order valence-electron chi connectivity index (χ1n) is 7.87. The molecule has 1 heterocycles. The molecule has 5 nitrogen and oxygen atoms in total. The third-order valence-electron chi connectivity index (χ3n) is 3.44. The van der Waals surface area contributed by atoms with Crippen molar-refractivity contribution in [1.82, 2.24) is 4.67 Å². The van der Waals surface area contributed by atoms with Crippen LogP contribution in [0.4, 0.5) is 0 Å². The largest absolute Gasteiger partial charge is 0.375 e. The van der Waals surface area contributed by atoms with Crippen LogP contribution in [0.5, 0.6) is 0 Å². The SMILES string of the molecule is CC[C@H]1OCCC1OP(OCCC#N)N(C(C)C)C(C)C. The lowest BCUT2D eigenvalue weighted by atomic mass is 10.1. The van der Waals surface area contributed by atoms with Crippen molar-refractivity contribution >= 4 is 8.53 Å². The van der Waals surface area contributed by atoms with Crippen LogP contribution in [-0.2, 0) is 13.8 Å². The fraction of sp³-hybridized carbons (Fsp3) is 0.933. The predicted molar refractivity (Wildman–Crippen MR) is 84.7 cm³/mol. The molecule has 0 saturated carbocycles. The zero-order chi connectivity index (χ0) is 15.8. The van der Waals surface area contributed by atoms with Gasteiger partial charge in [-0.1, -0.05) is 6.92 Å². The molecule has 1 aliphatic heterocycles. The van der Waals surface area contributed by atoms with Gasteiger partial charge in [-0.2, -0.15) is 5.26 Å². The van der Waals surface area contributed by atoms with Gasteiger partial charge in [-0.25, -0.2) is 4.67 Å².